The van der Waals surface area contributed by atoms with Crippen molar-refractivity contribution in [1.29, 1.82) is 0 Å². The minimum Gasteiger partial charge on any atom is -0.456 e. The third-order valence-corrected chi connectivity index (χ3v) is 3.91. The van der Waals surface area contributed by atoms with Crippen LogP contribution >= 0.6 is 35.0 Å². The summed E-state index contributed by atoms with van der Waals surface area (Å²) in [6.45, 7) is 0.884. The van der Waals surface area contributed by atoms with E-state index in [9.17, 15) is 13.2 Å². The number of hydrogen-bond acceptors (Lipinski definition) is 2. The van der Waals surface area contributed by atoms with Gasteiger partial charge in [0.2, 0.25) is 0 Å². The Morgan fingerprint density at radius 3 is 2.26 bits per heavy atom. The molecule has 0 bridgehead atoms. The molecule has 0 unspecified atom stereocenters. The van der Waals surface area contributed by atoms with Crippen LogP contribution in [0.1, 0.15) is 11.1 Å². The first-order valence-corrected chi connectivity index (χ1v) is 7.76. The number of rotatable bonds is 5. The first-order chi connectivity index (χ1) is 10.4. The van der Waals surface area contributed by atoms with Crippen LogP contribution in [0.5, 0.6) is 11.5 Å². The Hall–Kier alpha value is -0.990. The molecule has 1 N–H and O–H groups in total. The van der Waals surface area contributed by atoms with Crippen molar-refractivity contribution in [2.75, 3.05) is 13.6 Å². The fourth-order valence-corrected chi connectivity index (χ4v) is 2.58. The number of hydrogen-bond donors (Lipinski definition) is 1. The van der Waals surface area contributed by atoms with E-state index in [4.69, 9.17) is 4.74 Å². The standard InChI is InChI=1S/C16H15F3INO.ClH/c1-21-9-8-11-2-7-15(14(20)10-11)22-13-5-3-12(4-6-13)16(17,18)19;/h2-7,10,21H,8-9H2,1H3;1H. The maximum absolute atomic E-state index is 12.5. The molecule has 23 heavy (non-hydrogen) atoms. The van der Waals surface area contributed by atoms with Crippen LogP contribution in [-0.4, -0.2) is 13.6 Å². The second-order valence-corrected chi connectivity index (χ2v) is 5.90. The molecule has 7 heteroatoms. The Kier molecular flexibility index (Phi) is 7.63. The van der Waals surface area contributed by atoms with E-state index in [1.165, 1.54) is 17.7 Å². The maximum Gasteiger partial charge on any atom is 0.416 e. The second-order valence-electron chi connectivity index (χ2n) is 4.74. The van der Waals surface area contributed by atoms with Crippen molar-refractivity contribution < 1.29 is 17.9 Å². The fourth-order valence-electron chi connectivity index (χ4n) is 1.89. The van der Waals surface area contributed by atoms with E-state index >= 15 is 0 Å². The number of alkyl halides is 3. The minimum atomic E-state index is -4.33. The largest absolute Gasteiger partial charge is 0.456 e. The first kappa shape index (κ1) is 20.1. The summed E-state index contributed by atoms with van der Waals surface area (Å²) in [6.07, 6.45) is -3.42. The van der Waals surface area contributed by atoms with Gasteiger partial charge in [-0.1, -0.05) is 6.07 Å². The van der Waals surface area contributed by atoms with Gasteiger partial charge in [0.25, 0.3) is 0 Å². The fraction of sp³-hybridized carbons (Fsp3) is 0.250. The van der Waals surface area contributed by atoms with Crippen LogP contribution in [0.3, 0.4) is 0 Å². The lowest BCUT2D eigenvalue weighted by Crippen LogP contribution is -2.10. The molecule has 0 aliphatic rings. The zero-order chi connectivity index (χ0) is 16.2. The summed E-state index contributed by atoms with van der Waals surface area (Å²) in [5.74, 6) is 1.02. The number of nitrogens with one attached hydrogen (secondary N) is 1. The molecule has 0 radical (unpaired) electrons. The summed E-state index contributed by atoms with van der Waals surface area (Å²) in [7, 11) is 1.90. The quantitative estimate of drug-likeness (QED) is 0.617. The number of ether oxygens (including phenoxy) is 1. The predicted octanol–water partition coefficient (Wildman–Crippen LogP) is 5.29. The molecule has 0 spiro atoms. The van der Waals surface area contributed by atoms with E-state index in [-0.39, 0.29) is 12.4 Å². The first-order valence-electron chi connectivity index (χ1n) is 6.68. The normalized spacial score (nSPS) is 11.0. The summed E-state index contributed by atoms with van der Waals surface area (Å²) in [6, 6.07) is 10.5. The highest BCUT2D eigenvalue weighted by Crippen LogP contribution is 2.32. The topological polar surface area (TPSA) is 21.3 Å². The molecule has 2 aromatic rings. The van der Waals surface area contributed by atoms with Gasteiger partial charge in [0.1, 0.15) is 11.5 Å². The van der Waals surface area contributed by atoms with Gasteiger partial charge in [-0.05, 0) is 84.6 Å². The van der Waals surface area contributed by atoms with Crippen molar-refractivity contribution in [2.45, 2.75) is 12.6 Å². The van der Waals surface area contributed by atoms with E-state index in [0.29, 0.717) is 11.5 Å². The van der Waals surface area contributed by atoms with Crippen LogP contribution in [0.2, 0.25) is 0 Å². The van der Waals surface area contributed by atoms with Gasteiger partial charge in [0, 0.05) is 0 Å². The van der Waals surface area contributed by atoms with Crippen molar-refractivity contribution >= 4 is 35.0 Å². The van der Waals surface area contributed by atoms with E-state index in [1.807, 2.05) is 25.2 Å². The summed E-state index contributed by atoms with van der Waals surface area (Å²) >= 11 is 2.16. The predicted molar refractivity (Wildman–Crippen MR) is 95.6 cm³/mol. The SMILES string of the molecule is CNCCc1ccc(Oc2ccc(C(F)(F)F)cc2)c(I)c1.Cl. The number of benzene rings is 2. The van der Waals surface area contributed by atoms with Crippen LogP contribution in [-0.2, 0) is 12.6 Å². The summed E-state index contributed by atoms with van der Waals surface area (Å²) in [5.41, 5.74) is 0.496. The Morgan fingerprint density at radius 2 is 1.74 bits per heavy atom. The highest BCUT2D eigenvalue weighted by atomic mass is 127. The van der Waals surface area contributed by atoms with E-state index in [0.717, 1.165) is 28.7 Å². The monoisotopic (exact) mass is 457 g/mol. The van der Waals surface area contributed by atoms with Gasteiger partial charge in [0.05, 0.1) is 9.13 Å². The summed E-state index contributed by atoms with van der Waals surface area (Å²) in [4.78, 5) is 0. The van der Waals surface area contributed by atoms with Crippen LogP contribution in [0, 0.1) is 3.57 Å². The molecule has 0 saturated heterocycles. The lowest BCUT2D eigenvalue weighted by atomic mass is 10.1. The van der Waals surface area contributed by atoms with Crippen LogP contribution in [0.15, 0.2) is 42.5 Å². The molecular formula is C16H16ClF3INO. The Morgan fingerprint density at radius 1 is 1.09 bits per heavy atom. The van der Waals surface area contributed by atoms with Gasteiger partial charge in [-0.3, -0.25) is 0 Å². The van der Waals surface area contributed by atoms with Gasteiger partial charge < -0.3 is 10.1 Å². The van der Waals surface area contributed by atoms with Crippen LogP contribution in [0.25, 0.3) is 0 Å². The Labute approximate surface area is 153 Å². The molecule has 2 rings (SSSR count). The van der Waals surface area contributed by atoms with Crippen molar-refractivity contribution in [3.8, 4) is 11.5 Å². The molecule has 126 valence electrons. The van der Waals surface area contributed by atoms with Gasteiger partial charge in [-0.15, -0.1) is 12.4 Å². The number of likely N-dealkylation sites (N-methyl/N-ethyl adjacent to an activating group) is 1. The molecule has 0 atom stereocenters. The highest BCUT2D eigenvalue weighted by Gasteiger charge is 2.30. The molecule has 0 amide bonds. The Balaban J connectivity index is 0.00000264. The lowest BCUT2D eigenvalue weighted by Gasteiger charge is -2.11. The molecule has 2 aromatic carbocycles. The summed E-state index contributed by atoms with van der Waals surface area (Å²) < 4.78 is 44.1. The van der Waals surface area contributed by atoms with Crippen molar-refractivity contribution in [3.63, 3.8) is 0 Å². The van der Waals surface area contributed by atoms with Crippen molar-refractivity contribution in [1.82, 2.24) is 5.32 Å². The van der Waals surface area contributed by atoms with E-state index < -0.39 is 11.7 Å². The van der Waals surface area contributed by atoms with E-state index in [2.05, 4.69) is 27.9 Å². The molecule has 0 heterocycles. The van der Waals surface area contributed by atoms with Gasteiger partial charge >= 0.3 is 6.18 Å². The van der Waals surface area contributed by atoms with Crippen molar-refractivity contribution in [3.05, 3.63) is 57.2 Å². The Bertz CT molecular complexity index is 632. The minimum absolute atomic E-state index is 0. The highest BCUT2D eigenvalue weighted by molar-refractivity contribution is 14.1. The van der Waals surface area contributed by atoms with E-state index in [1.54, 1.807) is 0 Å². The molecular weight excluding hydrogens is 442 g/mol. The molecule has 2 nitrogen and oxygen atoms in total. The smallest absolute Gasteiger partial charge is 0.416 e. The zero-order valence-corrected chi connectivity index (χ0v) is 15.3. The third kappa shape index (κ3) is 5.86. The van der Waals surface area contributed by atoms with Gasteiger partial charge in [-0.2, -0.15) is 13.2 Å². The van der Waals surface area contributed by atoms with Crippen molar-refractivity contribution in [2.24, 2.45) is 0 Å². The second kappa shape index (κ2) is 8.75. The lowest BCUT2D eigenvalue weighted by molar-refractivity contribution is -0.137. The number of halogens is 5. The zero-order valence-electron chi connectivity index (χ0n) is 12.3. The average molecular weight is 458 g/mol. The van der Waals surface area contributed by atoms with Gasteiger partial charge in [0.15, 0.2) is 0 Å². The van der Waals surface area contributed by atoms with Crippen LogP contribution < -0.4 is 10.1 Å². The maximum atomic E-state index is 12.5. The molecule has 0 aliphatic heterocycles. The molecule has 0 aliphatic carbocycles. The molecule has 0 aromatic heterocycles. The van der Waals surface area contributed by atoms with Gasteiger partial charge in [-0.25, -0.2) is 0 Å². The summed E-state index contributed by atoms with van der Waals surface area (Å²) in [5, 5.41) is 3.08. The average Bonchev–Trinajstić information content (AvgIpc) is 2.47. The third-order valence-electron chi connectivity index (χ3n) is 3.07. The molecule has 0 saturated carbocycles. The molecule has 0 fully saturated rings. The van der Waals surface area contributed by atoms with Crippen LogP contribution in [0.4, 0.5) is 13.2 Å².